The molecule has 0 radical (unpaired) electrons. The van der Waals surface area contributed by atoms with Crippen LogP contribution in [-0.4, -0.2) is 19.2 Å². The lowest BCUT2D eigenvalue weighted by molar-refractivity contribution is 0.216. The van der Waals surface area contributed by atoms with E-state index in [0.717, 1.165) is 29.2 Å². The van der Waals surface area contributed by atoms with Gasteiger partial charge in [0.15, 0.2) is 0 Å². The lowest BCUT2D eigenvalue weighted by atomic mass is 10.1. The molecule has 2 nitrogen and oxygen atoms in total. The fraction of sp³-hybridized carbons (Fsp3) is 0.571. The number of hydrogen-bond acceptors (Lipinski definition) is 2. The molecule has 0 saturated carbocycles. The zero-order chi connectivity index (χ0) is 13.5. The number of halogens is 2. The van der Waals surface area contributed by atoms with Crippen LogP contribution in [0.5, 0.6) is 5.75 Å². The molecule has 1 aromatic carbocycles. The van der Waals surface area contributed by atoms with Crippen molar-refractivity contribution in [1.29, 1.82) is 0 Å². The van der Waals surface area contributed by atoms with Crippen molar-refractivity contribution in [1.82, 2.24) is 5.32 Å². The Hall–Kier alpha value is -0.250. The van der Waals surface area contributed by atoms with Crippen LogP contribution in [0.15, 0.2) is 22.7 Å². The van der Waals surface area contributed by atoms with Gasteiger partial charge in [-0.3, -0.25) is 0 Å². The molecule has 4 heteroatoms. The number of benzene rings is 1. The van der Waals surface area contributed by atoms with E-state index in [4.69, 9.17) is 16.3 Å². The van der Waals surface area contributed by atoms with Gasteiger partial charge >= 0.3 is 0 Å². The first-order valence-electron chi connectivity index (χ1n) is 6.31. The van der Waals surface area contributed by atoms with E-state index in [2.05, 4.69) is 35.1 Å². The first kappa shape index (κ1) is 15.8. The van der Waals surface area contributed by atoms with Gasteiger partial charge in [-0.1, -0.05) is 41.4 Å². The highest BCUT2D eigenvalue weighted by Crippen LogP contribution is 2.28. The van der Waals surface area contributed by atoms with Crippen LogP contribution in [0.2, 0.25) is 5.02 Å². The molecule has 0 aliphatic carbocycles. The van der Waals surface area contributed by atoms with Gasteiger partial charge in [-0.05, 0) is 44.0 Å². The fourth-order valence-corrected chi connectivity index (χ4v) is 2.02. The number of rotatable bonds is 7. The van der Waals surface area contributed by atoms with E-state index < -0.39 is 0 Å². The summed E-state index contributed by atoms with van der Waals surface area (Å²) in [5.41, 5.74) is 0. The number of hydrogen-bond donors (Lipinski definition) is 1. The fourth-order valence-electron chi connectivity index (χ4n) is 1.52. The zero-order valence-electron chi connectivity index (χ0n) is 11.2. The third-order valence-electron chi connectivity index (χ3n) is 2.55. The molecule has 0 saturated heterocycles. The second kappa shape index (κ2) is 8.03. The maximum absolute atomic E-state index is 6.08. The van der Waals surface area contributed by atoms with Crippen molar-refractivity contribution in [2.45, 2.75) is 33.3 Å². The molecule has 1 N–H and O–H groups in total. The Morgan fingerprint density at radius 1 is 1.33 bits per heavy atom. The molecule has 18 heavy (non-hydrogen) atoms. The van der Waals surface area contributed by atoms with E-state index in [9.17, 15) is 0 Å². The smallest absolute Gasteiger partial charge is 0.139 e. The van der Waals surface area contributed by atoms with Gasteiger partial charge in [0.05, 0.1) is 5.02 Å². The van der Waals surface area contributed by atoms with Crippen molar-refractivity contribution in [3.8, 4) is 5.75 Å². The normalized spacial score (nSPS) is 12.8. The summed E-state index contributed by atoms with van der Waals surface area (Å²) in [5.74, 6) is 1.46. The van der Waals surface area contributed by atoms with E-state index in [-0.39, 0.29) is 6.10 Å². The Morgan fingerprint density at radius 3 is 2.72 bits per heavy atom. The average Bonchev–Trinajstić information content (AvgIpc) is 2.29. The Morgan fingerprint density at radius 2 is 2.06 bits per heavy atom. The van der Waals surface area contributed by atoms with Gasteiger partial charge < -0.3 is 10.1 Å². The second-order valence-electron chi connectivity index (χ2n) is 4.89. The topological polar surface area (TPSA) is 21.3 Å². The minimum absolute atomic E-state index is 0.101. The lowest BCUT2D eigenvalue weighted by Crippen LogP contribution is -2.30. The summed E-state index contributed by atoms with van der Waals surface area (Å²) in [4.78, 5) is 0. The Bertz CT molecular complexity index is 371. The lowest BCUT2D eigenvalue weighted by Gasteiger charge is -2.17. The summed E-state index contributed by atoms with van der Waals surface area (Å²) >= 11 is 9.49. The van der Waals surface area contributed by atoms with Crippen LogP contribution in [-0.2, 0) is 0 Å². The minimum Gasteiger partial charge on any atom is -0.488 e. The highest BCUT2D eigenvalue weighted by Gasteiger charge is 2.07. The largest absolute Gasteiger partial charge is 0.488 e. The molecule has 0 spiro atoms. The molecular weight excluding hydrogens is 314 g/mol. The van der Waals surface area contributed by atoms with E-state index in [1.807, 2.05) is 25.1 Å². The van der Waals surface area contributed by atoms with Crippen molar-refractivity contribution < 1.29 is 4.74 Å². The summed E-state index contributed by atoms with van der Waals surface area (Å²) < 4.78 is 6.78. The first-order chi connectivity index (χ1) is 8.49. The number of nitrogens with one attached hydrogen (secondary N) is 1. The highest BCUT2D eigenvalue weighted by atomic mass is 79.9. The van der Waals surface area contributed by atoms with Crippen LogP contribution in [0.4, 0.5) is 0 Å². The van der Waals surface area contributed by atoms with Crippen LogP contribution in [0.25, 0.3) is 0 Å². The summed E-state index contributed by atoms with van der Waals surface area (Å²) in [7, 11) is 0. The van der Waals surface area contributed by atoms with Crippen molar-refractivity contribution >= 4 is 27.5 Å². The van der Waals surface area contributed by atoms with Crippen LogP contribution >= 0.6 is 27.5 Å². The Balaban J connectivity index is 2.35. The molecule has 0 bridgehead atoms. The molecule has 0 amide bonds. The van der Waals surface area contributed by atoms with E-state index in [1.54, 1.807) is 0 Å². The van der Waals surface area contributed by atoms with Crippen LogP contribution < -0.4 is 10.1 Å². The molecule has 1 aromatic rings. The van der Waals surface area contributed by atoms with Gasteiger partial charge in [-0.2, -0.15) is 0 Å². The molecule has 1 unspecified atom stereocenters. The summed E-state index contributed by atoms with van der Waals surface area (Å²) in [5, 5.41) is 4.04. The van der Waals surface area contributed by atoms with Crippen molar-refractivity contribution in [2.24, 2.45) is 5.92 Å². The molecule has 1 rings (SSSR count). The van der Waals surface area contributed by atoms with Crippen molar-refractivity contribution in [3.05, 3.63) is 27.7 Å². The SMILES string of the molecule is CC(C)CCNCC(C)Oc1cc(Br)ccc1Cl. The standard InChI is InChI=1S/C14H21BrClNO/c1-10(2)6-7-17-9-11(3)18-14-8-12(15)4-5-13(14)16/h4-5,8,10-11,17H,6-7,9H2,1-3H3. The summed E-state index contributed by atoms with van der Waals surface area (Å²) in [6.45, 7) is 8.35. The van der Waals surface area contributed by atoms with Crippen LogP contribution in [0.3, 0.4) is 0 Å². The monoisotopic (exact) mass is 333 g/mol. The molecule has 1 atom stereocenters. The molecule has 0 aromatic heterocycles. The first-order valence-corrected chi connectivity index (χ1v) is 7.48. The van der Waals surface area contributed by atoms with Gasteiger partial charge in [0, 0.05) is 11.0 Å². The van der Waals surface area contributed by atoms with Crippen molar-refractivity contribution in [3.63, 3.8) is 0 Å². The van der Waals surface area contributed by atoms with Crippen LogP contribution in [0, 0.1) is 5.92 Å². The Labute approximate surface area is 123 Å². The second-order valence-corrected chi connectivity index (χ2v) is 6.21. The highest BCUT2D eigenvalue weighted by molar-refractivity contribution is 9.10. The average molecular weight is 335 g/mol. The molecule has 0 aliphatic rings. The predicted octanol–water partition coefficient (Wildman–Crippen LogP) is 4.51. The van der Waals surface area contributed by atoms with Crippen molar-refractivity contribution in [2.75, 3.05) is 13.1 Å². The molecule has 0 fully saturated rings. The van der Waals surface area contributed by atoms with E-state index in [0.29, 0.717) is 5.02 Å². The Kier molecular flexibility index (Phi) is 7.05. The minimum atomic E-state index is 0.101. The quantitative estimate of drug-likeness (QED) is 0.741. The summed E-state index contributed by atoms with van der Waals surface area (Å²) in [6.07, 6.45) is 1.29. The van der Waals surface area contributed by atoms with Gasteiger partial charge in [0.2, 0.25) is 0 Å². The van der Waals surface area contributed by atoms with Gasteiger partial charge in [0.1, 0.15) is 11.9 Å². The van der Waals surface area contributed by atoms with Gasteiger partial charge in [-0.25, -0.2) is 0 Å². The van der Waals surface area contributed by atoms with E-state index in [1.165, 1.54) is 6.42 Å². The molecule has 102 valence electrons. The third-order valence-corrected chi connectivity index (χ3v) is 3.36. The maximum atomic E-state index is 6.08. The zero-order valence-corrected chi connectivity index (χ0v) is 13.5. The van der Waals surface area contributed by atoms with Gasteiger partial charge in [-0.15, -0.1) is 0 Å². The van der Waals surface area contributed by atoms with E-state index >= 15 is 0 Å². The van der Waals surface area contributed by atoms with Crippen LogP contribution in [0.1, 0.15) is 27.2 Å². The third kappa shape index (κ3) is 6.07. The number of ether oxygens (including phenoxy) is 1. The molecule has 0 aliphatic heterocycles. The van der Waals surface area contributed by atoms with Gasteiger partial charge in [0.25, 0.3) is 0 Å². The molecular formula is C14H21BrClNO. The molecule has 0 heterocycles. The summed E-state index contributed by atoms with van der Waals surface area (Å²) in [6, 6.07) is 5.63. The predicted molar refractivity (Wildman–Crippen MR) is 81.6 cm³/mol. The maximum Gasteiger partial charge on any atom is 0.139 e.